The topological polar surface area (TPSA) is 109 Å². The summed E-state index contributed by atoms with van der Waals surface area (Å²) in [5.41, 5.74) is 8.28. The van der Waals surface area contributed by atoms with E-state index in [2.05, 4.69) is 20.6 Å². The molecule has 0 radical (unpaired) electrons. The maximum Gasteiger partial charge on any atom is 0.368 e. The Labute approximate surface area is 125 Å². The van der Waals surface area contributed by atoms with Crippen molar-refractivity contribution in [3.05, 3.63) is 52.7 Å². The van der Waals surface area contributed by atoms with Crippen LogP contribution >= 0.6 is 0 Å². The Kier molecular flexibility index (Phi) is 3.30. The Morgan fingerprint density at radius 1 is 1.09 bits per heavy atom. The minimum Gasteiger partial charge on any atom is -0.397 e. The number of nitrogen functional groups attached to an aromatic ring is 1. The van der Waals surface area contributed by atoms with Crippen molar-refractivity contribution in [2.45, 2.75) is 0 Å². The number of nitrogens with zero attached hydrogens (tertiary/aromatic N) is 2. The SMILES string of the molecule is CNC(=O)c1ccc(Nc2ccc3c(c2)=NC(=O)N=3)c(N)c1. The Morgan fingerprint density at radius 2 is 1.86 bits per heavy atom. The van der Waals surface area contributed by atoms with Crippen molar-refractivity contribution in [3.8, 4) is 0 Å². The number of fused-ring (bicyclic) bond motifs is 1. The molecule has 3 rings (SSSR count). The molecular formula is C15H13N5O2. The molecule has 0 atom stereocenters. The Hall–Kier alpha value is -3.22. The van der Waals surface area contributed by atoms with Crippen LogP contribution in [0.25, 0.3) is 0 Å². The number of hydrogen-bond acceptors (Lipinski definition) is 4. The van der Waals surface area contributed by atoms with E-state index in [1.807, 2.05) is 0 Å². The van der Waals surface area contributed by atoms with Crippen molar-refractivity contribution < 1.29 is 9.59 Å². The van der Waals surface area contributed by atoms with E-state index in [4.69, 9.17) is 5.73 Å². The zero-order chi connectivity index (χ0) is 15.7. The molecule has 0 spiro atoms. The number of urea groups is 1. The van der Waals surface area contributed by atoms with Gasteiger partial charge in [-0.1, -0.05) is 0 Å². The summed E-state index contributed by atoms with van der Waals surface area (Å²) in [4.78, 5) is 30.2. The highest BCUT2D eigenvalue weighted by atomic mass is 16.2. The van der Waals surface area contributed by atoms with Crippen LogP contribution in [0, 0.1) is 0 Å². The summed E-state index contributed by atoms with van der Waals surface area (Å²) in [6.07, 6.45) is 0. The third kappa shape index (κ3) is 2.51. The molecular weight excluding hydrogens is 282 g/mol. The normalized spacial score (nSPS) is 12.1. The minimum absolute atomic E-state index is 0.199. The number of amides is 3. The lowest BCUT2D eigenvalue weighted by Gasteiger charge is -2.10. The summed E-state index contributed by atoms with van der Waals surface area (Å²) in [5.74, 6) is -0.199. The average molecular weight is 295 g/mol. The number of anilines is 3. The van der Waals surface area contributed by atoms with E-state index >= 15 is 0 Å². The molecule has 1 heterocycles. The van der Waals surface area contributed by atoms with Crippen LogP contribution in [0.1, 0.15) is 10.4 Å². The van der Waals surface area contributed by atoms with Crippen LogP contribution in [0.2, 0.25) is 0 Å². The lowest BCUT2D eigenvalue weighted by molar-refractivity contribution is 0.0963. The van der Waals surface area contributed by atoms with Crippen molar-refractivity contribution in [1.29, 1.82) is 0 Å². The molecule has 0 unspecified atom stereocenters. The number of benzene rings is 2. The lowest BCUT2D eigenvalue weighted by atomic mass is 10.1. The lowest BCUT2D eigenvalue weighted by Crippen LogP contribution is -2.21. The molecule has 110 valence electrons. The second-order valence-corrected chi connectivity index (χ2v) is 4.72. The smallest absolute Gasteiger partial charge is 0.368 e. The average Bonchev–Trinajstić information content (AvgIpc) is 2.87. The van der Waals surface area contributed by atoms with E-state index in [1.165, 1.54) is 0 Å². The predicted molar refractivity (Wildman–Crippen MR) is 81.7 cm³/mol. The van der Waals surface area contributed by atoms with Gasteiger partial charge in [0.2, 0.25) is 0 Å². The summed E-state index contributed by atoms with van der Waals surface area (Å²) >= 11 is 0. The first-order chi connectivity index (χ1) is 10.6. The Morgan fingerprint density at radius 3 is 2.59 bits per heavy atom. The molecule has 7 heteroatoms. The maximum absolute atomic E-state index is 11.6. The predicted octanol–water partition coefficient (Wildman–Crippen LogP) is 0.745. The second kappa shape index (κ2) is 5.28. The van der Waals surface area contributed by atoms with Gasteiger partial charge in [-0.2, -0.15) is 9.98 Å². The number of rotatable bonds is 3. The largest absolute Gasteiger partial charge is 0.397 e. The first kappa shape index (κ1) is 13.7. The van der Waals surface area contributed by atoms with E-state index in [1.54, 1.807) is 43.4 Å². The molecule has 2 aromatic rings. The molecule has 0 saturated carbocycles. The molecule has 0 saturated heterocycles. The van der Waals surface area contributed by atoms with Gasteiger partial charge in [0.25, 0.3) is 5.91 Å². The molecule has 0 fully saturated rings. The molecule has 2 aromatic carbocycles. The number of carbonyl (C=O) groups excluding carboxylic acids is 2. The van der Waals surface area contributed by atoms with E-state index < -0.39 is 6.03 Å². The summed E-state index contributed by atoms with van der Waals surface area (Å²) in [6, 6.07) is 9.70. The van der Waals surface area contributed by atoms with Crippen LogP contribution in [0.5, 0.6) is 0 Å². The summed E-state index contributed by atoms with van der Waals surface area (Å²) in [7, 11) is 1.56. The maximum atomic E-state index is 11.6. The molecule has 7 nitrogen and oxygen atoms in total. The number of nitrogens with two attached hydrogens (primary N) is 1. The van der Waals surface area contributed by atoms with Gasteiger partial charge in [0.15, 0.2) is 0 Å². The molecule has 1 aliphatic heterocycles. The standard InChI is InChI=1S/C15H13N5O2/c1-17-14(21)8-2-4-11(10(16)6-8)18-9-3-5-12-13(7-9)20-15(22)19-12/h2-7,18H,16H2,1H3,(H,17,21). The van der Waals surface area contributed by atoms with Crippen LogP contribution in [0.15, 0.2) is 46.4 Å². The van der Waals surface area contributed by atoms with Crippen LogP contribution < -0.4 is 27.1 Å². The van der Waals surface area contributed by atoms with Gasteiger partial charge in [0.05, 0.1) is 22.1 Å². The quantitative estimate of drug-likeness (QED) is 0.726. The molecule has 22 heavy (non-hydrogen) atoms. The van der Waals surface area contributed by atoms with E-state index in [9.17, 15) is 9.59 Å². The molecule has 0 aliphatic carbocycles. The first-order valence-corrected chi connectivity index (χ1v) is 6.57. The number of carbonyl (C=O) groups is 2. The van der Waals surface area contributed by atoms with E-state index in [0.29, 0.717) is 27.7 Å². The van der Waals surface area contributed by atoms with Gasteiger partial charge in [-0.25, -0.2) is 4.79 Å². The fraction of sp³-hybridized carbons (Fsp3) is 0.0667. The first-order valence-electron chi connectivity index (χ1n) is 6.57. The third-order valence-corrected chi connectivity index (χ3v) is 3.23. The van der Waals surface area contributed by atoms with Crippen molar-refractivity contribution in [2.24, 2.45) is 9.98 Å². The monoisotopic (exact) mass is 295 g/mol. The van der Waals surface area contributed by atoms with Crippen molar-refractivity contribution in [2.75, 3.05) is 18.1 Å². The third-order valence-electron chi connectivity index (χ3n) is 3.23. The van der Waals surface area contributed by atoms with E-state index in [-0.39, 0.29) is 5.91 Å². The van der Waals surface area contributed by atoms with Gasteiger partial charge in [0, 0.05) is 18.3 Å². The van der Waals surface area contributed by atoms with Crippen LogP contribution in [0.4, 0.5) is 21.9 Å². The van der Waals surface area contributed by atoms with Crippen LogP contribution in [-0.4, -0.2) is 19.0 Å². The molecule has 4 N–H and O–H groups in total. The van der Waals surface area contributed by atoms with Crippen molar-refractivity contribution >= 4 is 29.0 Å². The number of nitrogens with one attached hydrogen (secondary N) is 2. The summed E-state index contributed by atoms with van der Waals surface area (Å²) < 4.78 is 0. The van der Waals surface area contributed by atoms with Gasteiger partial charge in [-0.3, -0.25) is 4.79 Å². The van der Waals surface area contributed by atoms with Crippen molar-refractivity contribution in [3.63, 3.8) is 0 Å². The highest BCUT2D eigenvalue weighted by molar-refractivity contribution is 5.96. The molecule has 1 aliphatic rings. The Bertz CT molecular complexity index is 905. The van der Waals surface area contributed by atoms with Crippen molar-refractivity contribution in [1.82, 2.24) is 5.32 Å². The summed E-state index contributed by atoms with van der Waals surface area (Å²) in [6.45, 7) is 0. The Balaban J connectivity index is 1.90. The van der Waals surface area contributed by atoms with E-state index in [0.717, 1.165) is 5.69 Å². The highest BCUT2D eigenvalue weighted by Gasteiger charge is 2.08. The van der Waals surface area contributed by atoms with Gasteiger partial charge < -0.3 is 16.4 Å². The van der Waals surface area contributed by atoms with Gasteiger partial charge in [-0.15, -0.1) is 0 Å². The van der Waals surface area contributed by atoms with Crippen LogP contribution in [-0.2, 0) is 0 Å². The fourth-order valence-electron chi connectivity index (χ4n) is 2.13. The van der Waals surface area contributed by atoms with Gasteiger partial charge in [0.1, 0.15) is 0 Å². The minimum atomic E-state index is -0.499. The molecule has 0 aromatic heterocycles. The zero-order valence-corrected chi connectivity index (χ0v) is 11.8. The van der Waals surface area contributed by atoms with Gasteiger partial charge >= 0.3 is 6.03 Å². The van der Waals surface area contributed by atoms with Gasteiger partial charge in [-0.05, 0) is 36.4 Å². The molecule has 3 amide bonds. The number of hydrogen-bond donors (Lipinski definition) is 3. The van der Waals surface area contributed by atoms with Crippen LogP contribution in [0.3, 0.4) is 0 Å². The molecule has 0 bridgehead atoms. The highest BCUT2D eigenvalue weighted by Crippen LogP contribution is 2.23. The zero-order valence-electron chi connectivity index (χ0n) is 11.8. The second-order valence-electron chi connectivity index (χ2n) is 4.72. The summed E-state index contributed by atoms with van der Waals surface area (Å²) in [5, 5.41) is 6.75. The fourth-order valence-corrected chi connectivity index (χ4v) is 2.13.